The van der Waals surface area contributed by atoms with E-state index >= 15 is 0 Å². The Morgan fingerprint density at radius 2 is 1.91 bits per heavy atom. The van der Waals surface area contributed by atoms with Crippen LogP contribution in [0.4, 0.5) is 10.1 Å². The number of hydrogen-bond donors (Lipinski definition) is 1. The standard InChI is InChI=1S/C24H27ClFN3OS.ClH/c25-18-11-12-21(26)22(13-18)28-23(30)14-20-16-31-24(27-19-9-5-2-6-10-19)29(20)15-17-7-3-1-4-8-17;/h1,3-4,7-8,11-13,19-20H,2,5-6,9-10,14-16H2,(H,28,30);1H. The summed E-state index contributed by atoms with van der Waals surface area (Å²) in [6.45, 7) is 0.711. The predicted molar refractivity (Wildman–Crippen MR) is 134 cm³/mol. The Morgan fingerprint density at radius 3 is 2.66 bits per heavy atom. The summed E-state index contributed by atoms with van der Waals surface area (Å²) in [5.41, 5.74) is 1.31. The highest BCUT2D eigenvalue weighted by Crippen LogP contribution is 2.31. The van der Waals surface area contributed by atoms with Crippen LogP contribution in [-0.2, 0) is 11.3 Å². The fourth-order valence-corrected chi connectivity index (χ4v) is 5.55. The van der Waals surface area contributed by atoms with Crippen molar-refractivity contribution in [3.63, 3.8) is 0 Å². The summed E-state index contributed by atoms with van der Waals surface area (Å²) in [5.74, 6) is 0.0899. The van der Waals surface area contributed by atoms with Gasteiger partial charge in [-0.1, -0.05) is 73.0 Å². The summed E-state index contributed by atoms with van der Waals surface area (Å²) in [4.78, 5) is 20.1. The predicted octanol–water partition coefficient (Wildman–Crippen LogP) is 6.54. The van der Waals surface area contributed by atoms with E-state index in [1.54, 1.807) is 11.8 Å². The lowest BCUT2D eigenvalue weighted by Crippen LogP contribution is -2.37. The molecule has 0 bridgehead atoms. The van der Waals surface area contributed by atoms with Crippen molar-refractivity contribution in [2.45, 2.75) is 57.2 Å². The van der Waals surface area contributed by atoms with Gasteiger partial charge in [0.2, 0.25) is 5.91 Å². The number of benzene rings is 2. The van der Waals surface area contributed by atoms with E-state index in [1.165, 1.54) is 43.0 Å². The van der Waals surface area contributed by atoms with Crippen LogP contribution in [0, 0.1) is 5.82 Å². The van der Waals surface area contributed by atoms with Gasteiger partial charge in [-0.2, -0.15) is 0 Å². The fraction of sp³-hybridized carbons (Fsp3) is 0.417. The Bertz CT molecular complexity index is 938. The van der Waals surface area contributed by atoms with Crippen molar-refractivity contribution < 1.29 is 9.18 Å². The van der Waals surface area contributed by atoms with Crippen molar-refractivity contribution in [3.8, 4) is 0 Å². The Kier molecular flexibility index (Phi) is 9.26. The molecule has 0 spiro atoms. The van der Waals surface area contributed by atoms with Gasteiger partial charge in [0.05, 0.1) is 11.7 Å². The molecule has 1 aliphatic heterocycles. The van der Waals surface area contributed by atoms with Gasteiger partial charge in [0.25, 0.3) is 0 Å². The molecule has 4 rings (SSSR count). The zero-order chi connectivity index (χ0) is 21.6. The average molecular weight is 496 g/mol. The lowest BCUT2D eigenvalue weighted by atomic mass is 9.96. The molecule has 0 radical (unpaired) electrons. The second-order valence-electron chi connectivity index (χ2n) is 8.16. The van der Waals surface area contributed by atoms with Crippen LogP contribution in [-0.4, -0.2) is 33.8 Å². The Balaban J connectivity index is 0.00000289. The molecule has 2 aliphatic rings. The van der Waals surface area contributed by atoms with E-state index < -0.39 is 5.82 Å². The van der Waals surface area contributed by atoms with Crippen molar-refractivity contribution in [3.05, 3.63) is 64.9 Å². The van der Waals surface area contributed by atoms with Gasteiger partial charge in [-0.05, 0) is 36.6 Å². The third-order valence-electron chi connectivity index (χ3n) is 5.78. The third kappa shape index (κ3) is 6.63. The second-order valence-corrected chi connectivity index (χ2v) is 9.58. The van der Waals surface area contributed by atoms with Crippen molar-refractivity contribution in [2.24, 2.45) is 4.99 Å². The zero-order valence-corrected chi connectivity index (χ0v) is 20.2. The number of amidine groups is 1. The minimum atomic E-state index is -0.487. The Hall–Kier alpha value is -1.76. The summed E-state index contributed by atoms with van der Waals surface area (Å²) in [6, 6.07) is 14.8. The van der Waals surface area contributed by atoms with Gasteiger partial charge in [-0.3, -0.25) is 9.79 Å². The number of rotatable bonds is 6. The summed E-state index contributed by atoms with van der Waals surface area (Å²) >= 11 is 7.68. The second kappa shape index (κ2) is 11.9. The lowest BCUT2D eigenvalue weighted by Gasteiger charge is -2.27. The molecule has 1 saturated carbocycles. The van der Waals surface area contributed by atoms with Crippen LogP contribution in [0.15, 0.2) is 53.5 Å². The van der Waals surface area contributed by atoms with Crippen molar-refractivity contribution >= 4 is 52.5 Å². The molecule has 172 valence electrons. The maximum Gasteiger partial charge on any atom is 0.226 e. The topological polar surface area (TPSA) is 44.7 Å². The van der Waals surface area contributed by atoms with E-state index in [2.05, 4.69) is 22.3 Å². The molecule has 1 aliphatic carbocycles. The average Bonchev–Trinajstić information content (AvgIpc) is 3.13. The highest BCUT2D eigenvalue weighted by atomic mass is 35.5. The molecule has 32 heavy (non-hydrogen) atoms. The van der Waals surface area contributed by atoms with Crippen LogP contribution in [0.5, 0.6) is 0 Å². The molecule has 8 heteroatoms. The highest BCUT2D eigenvalue weighted by molar-refractivity contribution is 8.14. The minimum absolute atomic E-state index is 0. The summed E-state index contributed by atoms with van der Waals surface area (Å²) < 4.78 is 14.0. The van der Waals surface area contributed by atoms with E-state index in [1.807, 2.05) is 18.2 Å². The molecule has 1 N–H and O–H groups in total. The van der Waals surface area contributed by atoms with Gasteiger partial charge in [0.15, 0.2) is 5.17 Å². The SMILES string of the molecule is Cl.O=C(CC1CSC(=NC2CCCCC2)N1Cc1ccccc1)Nc1cc(Cl)ccc1F. The quantitative estimate of drug-likeness (QED) is 0.494. The van der Waals surface area contributed by atoms with Crippen LogP contribution in [0.3, 0.4) is 0 Å². The summed E-state index contributed by atoms with van der Waals surface area (Å²) in [7, 11) is 0. The van der Waals surface area contributed by atoms with Crippen LogP contribution in [0.2, 0.25) is 5.02 Å². The maximum atomic E-state index is 14.0. The fourth-order valence-electron chi connectivity index (χ4n) is 4.13. The first-order valence-corrected chi connectivity index (χ1v) is 12.2. The molecular formula is C24H28Cl2FN3OS. The number of nitrogens with zero attached hydrogens (tertiary/aromatic N) is 2. The van der Waals surface area contributed by atoms with E-state index in [4.69, 9.17) is 16.6 Å². The third-order valence-corrected chi connectivity index (χ3v) is 7.16. The Labute approximate surface area is 204 Å². The molecule has 1 amide bonds. The number of thioether (sulfide) groups is 1. The molecule has 4 nitrogen and oxygen atoms in total. The largest absolute Gasteiger partial charge is 0.343 e. The first-order chi connectivity index (χ1) is 15.1. The maximum absolute atomic E-state index is 14.0. The number of anilines is 1. The molecule has 1 saturated heterocycles. The summed E-state index contributed by atoms with van der Waals surface area (Å²) in [5, 5.41) is 4.10. The van der Waals surface area contributed by atoms with Crippen molar-refractivity contribution in [1.29, 1.82) is 0 Å². The monoisotopic (exact) mass is 495 g/mol. The molecule has 0 aromatic heterocycles. The molecular weight excluding hydrogens is 468 g/mol. The number of amides is 1. The van der Waals surface area contributed by atoms with Crippen molar-refractivity contribution in [2.75, 3.05) is 11.1 Å². The van der Waals surface area contributed by atoms with Gasteiger partial charge >= 0.3 is 0 Å². The first kappa shape index (κ1) is 24.9. The van der Waals surface area contributed by atoms with Crippen LogP contribution < -0.4 is 5.32 Å². The summed E-state index contributed by atoms with van der Waals surface area (Å²) in [6.07, 6.45) is 6.33. The van der Waals surface area contributed by atoms with Gasteiger partial charge < -0.3 is 10.2 Å². The van der Waals surface area contributed by atoms with E-state index in [-0.39, 0.29) is 36.5 Å². The van der Waals surface area contributed by atoms with Gasteiger partial charge in [0.1, 0.15) is 5.82 Å². The molecule has 2 aromatic rings. The number of nitrogens with one attached hydrogen (secondary N) is 1. The lowest BCUT2D eigenvalue weighted by molar-refractivity contribution is -0.117. The zero-order valence-electron chi connectivity index (χ0n) is 17.8. The number of aliphatic imine (C=N–C) groups is 1. The Morgan fingerprint density at radius 1 is 1.16 bits per heavy atom. The van der Waals surface area contributed by atoms with E-state index in [9.17, 15) is 9.18 Å². The van der Waals surface area contributed by atoms with Gasteiger partial charge in [0, 0.05) is 29.8 Å². The van der Waals surface area contributed by atoms with Crippen LogP contribution >= 0.6 is 35.8 Å². The normalized spacial score (nSPS) is 20.2. The smallest absolute Gasteiger partial charge is 0.226 e. The first-order valence-electron chi connectivity index (χ1n) is 10.8. The molecule has 1 unspecified atom stereocenters. The van der Waals surface area contributed by atoms with E-state index in [0.717, 1.165) is 23.8 Å². The minimum Gasteiger partial charge on any atom is -0.343 e. The number of carbonyl (C=O) groups excluding carboxylic acids is 1. The molecule has 1 heterocycles. The van der Waals surface area contributed by atoms with Gasteiger partial charge in [-0.25, -0.2) is 4.39 Å². The van der Waals surface area contributed by atoms with E-state index in [0.29, 0.717) is 17.6 Å². The number of halogens is 3. The number of hydrogen-bond acceptors (Lipinski definition) is 3. The molecule has 1 atom stereocenters. The van der Waals surface area contributed by atoms with Gasteiger partial charge in [-0.15, -0.1) is 12.4 Å². The molecule has 2 fully saturated rings. The highest BCUT2D eigenvalue weighted by Gasteiger charge is 2.33. The van der Waals surface area contributed by atoms with Crippen LogP contribution in [0.1, 0.15) is 44.1 Å². The number of carbonyl (C=O) groups is 1. The molecule has 2 aromatic carbocycles. The van der Waals surface area contributed by atoms with Crippen molar-refractivity contribution in [1.82, 2.24) is 4.90 Å². The van der Waals surface area contributed by atoms with Crippen LogP contribution in [0.25, 0.3) is 0 Å².